The molecule has 3 heterocycles. The van der Waals surface area contributed by atoms with Crippen molar-refractivity contribution < 1.29 is 19.1 Å². The van der Waals surface area contributed by atoms with E-state index in [9.17, 15) is 19.1 Å². The SMILES string of the molecule is CC[C@@](O)(Cn1nncc1CCCNC1CCC(=O)NC1=O)c1ccc2c(F)ccnc2c1. The molecular weight excluding hydrogens is 427 g/mol. The van der Waals surface area contributed by atoms with Gasteiger partial charge in [-0.05, 0) is 56.0 Å². The van der Waals surface area contributed by atoms with Crippen LogP contribution in [0.2, 0.25) is 0 Å². The number of fused-ring (bicyclic) bond motifs is 1. The molecule has 0 saturated carbocycles. The Balaban J connectivity index is 1.40. The number of piperidine rings is 1. The number of hydrogen-bond acceptors (Lipinski definition) is 7. The summed E-state index contributed by atoms with van der Waals surface area (Å²) in [5.74, 6) is -0.865. The van der Waals surface area contributed by atoms with Gasteiger partial charge in [0.15, 0.2) is 0 Å². The van der Waals surface area contributed by atoms with Gasteiger partial charge >= 0.3 is 0 Å². The average molecular weight is 455 g/mol. The number of halogens is 1. The highest BCUT2D eigenvalue weighted by Gasteiger charge is 2.30. The number of carbonyl (C=O) groups excluding carboxylic acids is 2. The smallest absolute Gasteiger partial charge is 0.243 e. The van der Waals surface area contributed by atoms with E-state index < -0.39 is 5.60 Å². The Kier molecular flexibility index (Phi) is 6.75. The highest BCUT2D eigenvalue weighted by molar-refractivity contribution is 6.00. The summed E-state index contributed by atoms with van der Waals surface area (Å²) in [7, 11) is 0. The summed E-state index contributed by atoms with van der Waals surface area (Å²) in [5.41, 5.74) is 0.751. The van der Waals surface area contributed by atoms with Crippen LogP contribution in [-0.2, 0) is 28.2 Å². The molecule has 2 amide bonds. The molecule has 1 aliphatic rings. The number of pyridine rings is 1. The van der Waals surface area contributed by atoms with Gasteiger partial charge < -0.3 is 10.4 Å². The molecule has 2 atom stereocenters. The van der Waals surface area contributed by atoms with Crippen molar-refractivity contribution in [2.45, 2.75) is 57.2 Å². The van der Waals surface area contributed by atoms with Crippen molar-refractivity contribution in [3.63, 3.8) is 0 Å². The van der Waals surface area contributed by atoms with E-state index in [1.165, 1.54) is 12.3 Å². The fourth-order valence-corrected chi connectivity index (χ4v) is 4.10. The largest absolute Gasteiger partial charge is 0.383 e. The molecule has 0 aliphatic carbocycles. The van der Waals surface area contributed by atoms with Gasteiger partial charge in [0, 0.05) is 18.0 Å². The maximum Gasteiger partial charge on any atom is 0.243 e. The van der Waals surface area contributed by atoms with Crippen LogP contribution in [0.4, 0.5) is 4.39 Å². The van der Waals surface area contributed by atoms with Crippen molar-refractivity contribution in [2.24, 2.45) is 0 Å². The normalized spacial score (nSPS) is 18.3. The number of nitrogens with one attached hydrogen (secondary N) is 2. The average Bonchev–Trinajstić information content (AvgIpc) is 3.24. The van der Waals surface area contributed by atoms with Gasteiger partial charge in [0.05, 0.1) is 30.0 Å². The third-order valence-electron chi connectivity index (χ3n) is 6.16. The van der Waals surface area contributed by atoms with Crippen LogP contribution in [0.15, 0.2) is 36.7 Å². The number of aromatic nitrogens is 4. The van der Waals surface area contributed by atoms with Crippen LogP contribution in [0.3, 0.4) is 0 Å². The molecule has 1 aliphatic heterocycles. The van der Waals surface area contributed by atoms with Crippen molar-refractivity contribution >= 4 is 22.7 Å². The van der Waals surface area contributed by atoms with Crippen molar-refractivity contribution in [3.8, 4) is 0 Å². The molecule has 3 N–H and O–H groups in total. The fourth-order valence-electron chi connectivity index (χ4n) is 4.10. The lowest BCUT2D eigenvalue weighted by atomic mass is 9.90. The molecule has 10 heteroatoms. The molecule has 33 heavy (non-hydrogen) atoms. The van der Waals surface area contributed by atoms with Gasteiger partial charge in [-0.3, -0.25) is 19.9 Å². The van der Waals surface area contributed by atoms with E-state index in [1.807, 2.05) is 6.92 Å². The fraction of sp³-hybridized carbons (Fsp3) is 0.435. The summed E-state index contributed by atoms with van der Waals surface area (Å²) in [4.78, 5) is 27.3. The second-order valence-corrected chi connectivity index (χ2v) is 8.35. The molecule has 1 fully saturated rings. The molecule has 1 unspecified atom stereocenters. The Morgan fingerprint density at radius 2 is 2.18 bits per heavy atom. The molecule has 1 saturated heterocycles. The Morgan fingerprint density at radius 1 is 1.33 bits per heavy atom. The van der Waals surface area contributed by atoms with Crippen LogP contribution < -0.4 is 10.6 Å². The highest BCUT2D eigenvalue weighted by Crippen LogP contribution is 2.30. The summed E-state index contributed by atoms with van der Waals surface area (Å²) in [6, 6.07) is 6.02. The number of hydrogen-bond donors (Lipinski definition) is 3. The van der Waals surface area contributed by atoms with E-state index in [1.54, 1.807) is 29.1 Å². The minimum atomic E-state index is -1.23. The topological polar surface area (TPSA) is 122 Å². The zero-order valence-corrected chi connectivity index (χ0v) is 18.4. The van der Waals surface area contributed by atoms with E-state index in [0.29, 0.717) is 48.7 Å². The Hall–Kier alpha value is -3.24. The van der Waals surface area contributed by atoms with Crippen LogP contribution in [0.5, 0.6) is 0 Å². The predicted octanol–water partition coefficient (Wildman–Crippen LogP) is 1.59. The quantitative estimate of drug-likeness (QED) is 0.332. The van der Waals surface area contributed by atoms with Crippen molar-refractivity contribution in [1.82, 2.24) is 30.6 Å². The summed E-state index contributed by atoms with van der Waals surface area (Å²) < 4.78 is 15.7. The van der Waals surface area contributed by atoms with Crippen LogP contribution >= 0.6 is 0 Å². The standard InChI is InChI=1S/C23H27FN6O3/c1-2-23(33,15-5-6-17-18(24)9-11-26-20(17)12-15)14-30-16(13-27-29-30)4-3-10-25-19-7-8-21(31)28-22(19)32/h5-6,9,11-13,19,25,33H,2-4,7-8,10,14H2,1H3,(H,28,31,32)/t19?,23-/m1/s1. The van der Waals surface area contributed by atoms with Gasteiger partial charge in [-0.25, -0.2) is 9.07 Å². The van der Waals surface area contributed by atoms with Crippen LogP contribution in [0.25, 0.3) is 10.9 Å². The molecule has 0 spiro atoms. The molecule has 0 radical (unpaired) electrons. The van der Waals surface area contributed by atoms with Gasteiger partial charge in [0.1, 0.15) is 11.4 Å². The Labute approximate surface area is 190 Å². The van der Waals surface area contributed by atoms with Crippen LogP contribution in [-0.4, -0.2) is 49.5 Å². The summed E-state index contributed by atoms with van der Waals surface area (Å²) >= 11 is 0. The first kappa shape index (κ1) is 22.9. The first-order chi connectivity index (χ1) is 15.9. The maximum absolute atomic E-state index is 14.0. The van der Waals surface area contributed by atoms with Gasteiger partial charge in [-0.2, -0.15) is 0 Å². The van der Waals surface area contributed by atoms with Gasteiger partial charge in [-0.1, -0.05) is 18.2 Å². The van der Waals surface area contributed by atoms with Crippen molar-refractivity contribution in [3.05, 3.63) is 53.7 Å². The second kappa shape index (κ2) is 9.72. The summed E-state index contributed by atoms with van der Waals surface area (Å²) in [5, 5.41) is 25.5. The van der Waals surface area contributed by atoms with E-state index in [0.717, 1.165) is 12.1 Å². The monoisotopic (exact) mass is 454 g/mol. The number of amides is 2. The lowest BCUT2D eigenvalue weighted by Crippen LogP contribution is -2.50. The number of carbonyl (C=O) groups is 2. The van der Waals surface area contributed by atoms with E-state index in [-0.39, 0.29) is 30.2 Å². The van der Waals surface area contributed by atoms with Gasteiger partial charge in [0.2, 0.25) is 11.8 Å². The molecular formula is C23H27FN6O3. The number of aryl methyl sites for hydroxylation is 1. The lowest BCUT2D eigenvalue weighted by Gasteiger charge is -2.28. The molecule has 174 valence electrons. The predicted molar refractivity (Wildman–Crippen MR) is 118 cm³/mol. The number of aliphatic hydroxyl groups is 1. The molecule has 4 rings (SSSR count). The zero-order valence-electron chi connectivity index (χ0n) is 18.4. The third kappa shape index (κ3) is 5.07. The minimum Gasteiger partial charge on any atom is -0.383 e. The summed E-state index contributed by atoms with van der Waals surface area (Å²) in [6.07, 6.45) is 5.71. The first-order valence-corrected chi connectivity index (χ1v) is 11.1. The van der Waals surface area contributed by atoms with Crippen molar-refractivity contribution in [1.29, 1.82) is 0 Å². The second-order valence-electron chi connectivity index (χ2n) is 8.35. The highest BCUT2D eigenvalue weighted by atomic mass is 19.1. The molecule has 3 aromatic rings. The molecule has 0 bridgehead atoms. The van der Waals surface area contributed by atoms with E-state index in [4.69, 9.17) is 0 Å². The van der Waals surface area contributed by atoms with Crippen molar-refractivity contribution in [2.75, 3.05) is 6.54 Å². The first-order valence-electron chi connectivity index (χ1n) is 11.1. The Bertz CT molecular complexity index is 1170. The summed E-state index contributed by atoms with van der Waals surface area (Å²) in [6.45, 7) is 2.67. The minimum absolute atomic E-state index is 0.195. The number of benzene rings is 1. The van der Waals surface area contributed by atoms with Crippen LogP contribution in [0.1, 0.15) is 43.9 Å². The van der Waals surface area contributed by atoms with Gasteiger partial charge in [0.25, 0.3) is 0 Å². The molecule has 1 aromatic carbocycles. The number of rotatable bonds is 9. The lowest BCUT2D eigenvalue weighted by molar-refractivity contribution is -0.134. The van der Waals surface area contributed by atoms with Gasteiger partial charge in [-0.15, -0.1) is 5.10 Å². The van der Waals surface area contributed by atoms with E-state index >= 15 is 0 Å². The number of imide groups is 1. The molecule has 2 aromatic heterocycles. The zero-order chi connectivity index (χ0) is 23.4. The third-order valence-corrected chi connectivity index (χ3v) is 6.16. The van der Waals surface area contributed by atoms with Crippen LogP contribution in [0, 0.1) is 5.82 Å². The maximum atomic E-state index is 14.0. The van der Waals surface area contributed by atoms with E-state index in [2.05, 4.69) is 25.9 Å². The molecule has 9 nitrogen and oxygen atoms in total. The number of nitrogens with zero attached hydrogens (tertiary/aromatic N) is 4. The Morgan fingerprint density at radius 3 is 2.97 bits per heavy atom.